The van der Waals surface area contributed by atoms with E-state index in [1.807, 2.05) is 19.0 Å². The summed E-state index contributed by atoms with van der Waals surface area (Å²) < 4.78 is 0. The number of hydrogen-bond donors (Lipinski definition) is 5. The predicted molar refractivity (Wildman–Crippen MR) is 173 cm³/mol. The maximum absolute atomic E-state index is 14.2. The fourth-order valence-corrected chi connectivity index (χ4v) is 9.98. The van der Waals surface area contributed by atoms with E-state index >= 15 is 0 Å². The molecule has 1 aromatic carbocycles. The monoisotopic (exact) mass is 636 g/mol. The van der Waals surface area contributed by atoms with Crippen LogP contribution in [0.5, 0.6) is 5.75 Å². The first-order valence-electron chi connectivity index (χ1n) is 16.3. The second-order valence-electron chi connectivity index (χ2n) is 15.5. The Labute approximate surface area is 270 Å². The minimum Gasteiger partial charge on any atom is -0.508 e. The largest absolute Gasteiger partial charge is 0.508 e. The molecule has 1 aromatic rings. The Hall–Kier alpha value is -3.41. The van der Waals surface area contributed by atoms with Crippen LogP contribution in [0, 0.1) is 35.0 Å². The Morgan fingerprint density at radius 3 is 2.26 bits per heavy atom. The number of phenols is 1. The number of amides is 1. The van der Waals surface area contributed by atoms with Crippen LogP contribution in [-0.2, 0) is 27.3 Å². The van der Waals surface area contributed by atoms with E-state index in [-0.39, 0.29) is 29.7 Å². The molecule has 0 aliphatic heterocycles. The van der Waals surface area contributed by atoms with Crippen LogP contribution in [0.3, 0.4) is 0 Å². The number of carbonyl (C=O) groups excluding carboxylic acids is 3. The molecule has 46 heavy (non-hydrogen) atoms. The molecule has 250 valence electrons. The Bertz CT molecular complexity index is 1590. The number of fused-ring (bicyclic) bond motifs is 5. The molecule has 6 aliphatic rings. The number of primary amides is 1. The first-order chi connectivity index (χ1) is 21.4. The van der Waals surface area contributed by atoms with Crippen molar-refractivity contribution in [3.8, 4) is 5.75 Å². The zero-order chi connectivity index (χ0) is 33.8. The highest BCUT2D eigenvalue weighted by Crippen LogP contribution is 2.61. The van der Waals surface area contributed by atoms with E-state index in [2.05, 4.69) is 25.8 Å². The van der Waals surface area contributed by atoms with Gasteiger partial charge in [0.15, 0.2) is 11.4 Å². The van der Waals surface area contributed by atoms with Crippen LogP contribution < -0.4 is 10.6 Å². The molecule has 0 radical (unpaired) electrons. The van der Waals surface area contributed by atoms with Gasteiger partial charge in [0.2, 0.25) is 5.78 Å². The van der Waals surface area contributed by atoms with Crippen LogP contribution in [0.2, 0.25) is 0 Å². The van der Waals surface area contributed by atoms with E-state index in [0.717, 1.165) is 23.7 Å². The van der Waals surface area contributed by atoms with Gasteiger partial charge in [-0.15, -0.1) is 0 Å². The number of carbonyl (C=O) groups is 3. The van der Waals surface area contributed by atoms with Gasteiger partial charge in [-0.2, -0.15) is 0 Å². The fourth-order valence-electron chi connectivity index (χ4n) is 9.98. The van der Waals surface area contributed by atoms with Gasteiger partial charge in [0.05, 0.1) is 11.6 Å². The predicted octanol–water partition coefficient (Wildman–Crippen LogP) is 2.53. The van der Waals surface area contributed by atoms with Gasteiger partial charge in [0, 0.05) is 44.4 Å². The minimum absolute atomic E-state index is 0.0589. The number of aromatic hydroxyl groups is 1. The minimum atomic E-state index is -2.65. The molecule has 0 spiro atoms. The number of phenolic OH excluding ortho intramolecular Hbond substituents is 1. The third kappa shape index (κ3) is 4.45. The standard InChI is InChI=1S/C35H48N4O7/c1-34(2)19-9-8-16(21(34)13-19)14-39(7)15-18-12-23(40)25-20(27(18)37(3)4)10-17-11-22-28(38(5)6)30(42)26(33(36)45)32(44)35(22,46)31(43)24(17)29(25)41/h12,16-17,19,21-22,28,40-41,44,46H,8-11,13-15H2,1-7H3,(H2,36,45)/t16-,17+,19?,21?,22+,28+,35+/m1/s1. The smallest absolute Gasteiger partial charge is 0.255 e. The molecule has 0 heterocycles. The average molecular weight is 637 g/mol. The SMILES string of the molecule is CN(Cc1cc(O)c2c(c1N(C)C)C[C@H]1C[C@H]3[C@H](N(C)C)C(=O)C(C(N)=O)=C(O)[C@@]3(O)C(=O)C1=C2O)C[C@H]1CCC2CC1C2(C)C. The van der Waals surface area contributed by atoms with Gasteiger partial charge >= 0.3 is 0 Å². The quantitative estimate of drug-likeness (QED) is 0.281. The molecule has 0 aromatic heterocycles. The number of anilines is 1. The highest BCUT2D eigenvalue weighted by Gasteiger charge is 2.64. The summed E-state index contributed by atoms with van der Waals surface area (Å²) in [6.45, 7) is 6.32. The molecule has 6 N–H and O–H groups in total. The second kappa shape index (κ2) is 10.8. The molecule has 6 aliphatic carbocycles. The molecule has 4 saturated carbocycles. The summed E-state index contributed by atoms with van der Waals surface area (Å²) in [5.74, 6) is -4.33. The van der Waals surface area contributed by atoms with Gasteiger partial charge in [-0.05, 0) is 99.5 Å². The molecular weight excluding hydrogens is 588 g/mol. The van der Waals surface area contributed by atoms with E-state index in [1.165, 1.54) is 24.2 Å². The van der Waals surface area contributed by atoms with Crippen molar-refractivity contribution in [3.63, 3.8) is 0 Å². The van der Waals surface area contributed by atoms with Crippen LogP contribution in [0.4, 0.5) is 5.69 Å². The molecule has 7 rings (SSSR count). The van der Waals surface area contributed by atoms with E-state index in [0.29, 0.717) is 29.4 Å². The maximum Gasteiger partial charge on any atom is 0.255 e. The first-order valence-corrected chi connectivity index (χ1v) is 16.3. The molecule has 2 bridgehead atoms. The lowest BCUT2D eigenvalue weighted by Crippen LogP contribution is -2.65. The van der Waals surface area contributed by atoms with Crippen molar-refractivity contribution in [1.82, 2.24) is 9.80 Å². The highest BCUT2D eigenvalue weighted by molar-refractivity contribution is 6.24. The van der Waals surface area contributed by atoms with Gasteiger partial charge in [-0.25, -0.2) is 0 Å². The molecule has 2 unspecified atom stereocenters. The van der Waals surface area contributed by atoms with Crippen molar-refractivity contribution in [3.05, 3.63) is 39.7 Å². The Morgan fingerprint density at radius 1 is 1.02 bits per heavy atom. The molecule has 7 atom stereocenters. The lowest BCUT2D eigenvalue weighted by atomic mass is 9.45. The fraction of sp³-hybridized carbons (Fsp3) is 0.629. The summed E-state index contributed by atoms with van der Waals surface area (Å²) in [4.78, 5) is 45.6. The van der Waals surface area contributed by atoms with Crippen molar-refractivity contribution in [2.75, 3.05) is 46.7 Å². The van der Waals surface area contributed by atoms with Crippen molar-refractivity contribution in [2.24, 2.45) is 40.7 Å². The average Bonchev–Trinajstić information content (AvgIpc) is 2.94. The summed E-state index contributed by atoms with van der Waals surface area (Å²) in [7, 11) is 9.11. The summed E-state index contributed by atoms with van der Waals surface area (Å²) in [6.07, 6.45) is 4.12. The summed E-state index contributed by atoms with van der Waals surface area (Å²) in [6, 6.07) is 0.524. The summed E-state index contributed by atoms with van der Waals surface area (Å²) >= 11 is 0. The van der Waals surface area contributed by atoms with Crippen molar-refractivity contribution in [1.29, 1.82) is 0 Å². The number of Topliss-reactive ketones (excluding diaryl/α,β-unsaturated/α-hetero) is 2. The number of hydrogen-bond acceptors (Lipinski definition) is 10. The van der Waals surface area contributed by atoms with Gasteiger partial charge in [-0.1, -0.05) is 13.8 Å². The third-order valence-electron chi connectivity index (χ3n) is 12.2. The number of aliphatic hydroxyl groups is 3. The zero-order valence-electron chi connectivity index (χ0n) is 27.9. The van der Waals surface area contributed by atoms with Crippen LogP contribution in [0.1, 0.15) is 56.2 Å². The number of benzene rings is 1. The van der Waals surface area contributed by atoms with Gasteiger partial charge in [0.25, 0.3) is 5.91 Å². The maximum atomic E-state index is 14.2. The summed E-state index contributed by atoms with van der Waals surface area (Å²) in [5, 5.41) is 46.0. The van der Waals surface area contributed by atoms with E-state index in [1.54, 1.807) is 20.2 Å². The Balaban J connectivity index is 1.40. The molecule has 4 fully saturated rings. The van der Waals surface area contributed by atoms with Crippen molar-refractivity contribution >= 4 is 28.9 Å². The van der Waals surface area contributed by atoms with E-state index < -0.39 is 58.0 Å². The number of likely N-dealkylation sites (N-methyl/N-ethyl adjacent to an activating group) is 1. The lowest BCUT2D eigenvalue weighted by molar-refractivity contribution is -0.153. The Morgan fingerprint density at radius 2 is 1.70 bits per heavy atom. The third-order valence-corrected chi connectivity index (χ3v) is 12.2. The molecular formula is C35H48N4O7. The summed E-state index contributed by atoms with van der Waals surface area (Å²) in [5.41, 5.74) is 4.73. The molecule has 0 saturated heterocycles. The number of ketones is 2. The number of nitrogens with zero attached hydrogens (tertiary/aromatic N) is 3. The molecule has 11 nitrogen and oxygen atoms in total. The van der Waals surface area contributed by atoms with Crippen LogP contribution in [-0.4, -0.2) is 101 Å². The van der Waals surface area contributed by atoms with Gasteiger partial charge < -0.3 is 36.0 Å². The topological polar surface area (TPSA) is 168 Å². The van der Waals surface area contributed by atoms with E-state index in [9.17, 15) is 34.8 Å². The Kier molecular flexibility index (Phi) is 7.65. The lowest BCUT2D eigenvalue weighted by Gasteiger charge is -2.60. The molecule has 1 amide bonds. The number of aliphatic hydroxyl groups excluding tert-OH is 2. The number of nitrogens with two attached hydrogens (primary N) is 1. The normalized spacial score (nSPS) is 33.1. The van der Waals surface area contributed by atoms with Crippen LogP contribution in [0.15, 0.2) is 23.0 Å². The van der Waals surface area contributed by atoms with Crippen LogP contribution >= 0.6 is 0 Å². The number of rotatable bonds is 7. The van der Waals surface area contributed by atoms with Crippen molar-refractivity contribution in [2.45, 2.75) is 64.1 Å². The van der Waals surface area contributed by atoms with Gasteiger partial charge in [0.1, 0.15) is 22.8 Å². The zero-order valence-corrected chi connectivity index (χ0v) is 27.9. The molecule has 11 heteroatoms. The first kappa shape index (κ1) is 32.5. The highest BCUT2D eigenvalue weighted by atomic mass is 16.3. The van der Waals surface area contributed by atoms with Crippen LogP contribution in [0.25, 0.3) is 5.76 Å². The van der Waals surface area contributed by atoms with Crippen molar-refractivity contribution < 1.29 is 34.8 Å². The second-order valence-corrected chi connectivity index (χ2v) is 15.5. The van der Waals surface area contributed by atoms with Gasteiger partial charge in [-0.3, -0.25) is 19.3 Å². The van der Waals surface area contributed by atoms with E-state index in [4.69, 9.17) is 5.73 Å².